The van der Waals surface area contributed by atoms with E-state index in [1.54, 1.807) is 9.80 Å². The lowest BCUT2D eigenvalue weighted by Crippen LogP contribution is -2.43. The number of rotatable bonds is 4. The van der Waals surface area contributed by atoms with Gasteiger partial charge in [0.1, 0.15) is 5.41 Å². The lowest BCUT2D eigenvalue weighted by Gasteiger charge is -2.26. The highest BCUT2D eigenvalue weighted by atomic mass is 16.4. The summed E-state index contributed by atoms with van der Waals surface area (Å²) < 4.78 is 0. The van der Waals surface area contributed by atoms with Crippen molar-refractivity contribution in [1.29, 1.82) is 0 Å². The Labute approximate surface area is 135 Å². The first-order valence-corrected chi connectivity index (χ1v) is 8.82. The van der Waals surface area contributed by atoms with Crippen molar-refractivity contribution in [3.8, 4) is 0 Å². The Kier molecular flexibility index (Phi) is 3.39. The van der Waals surface area contributed by atoms with Gasteiger partial charge >= 0.3 is 5.97 Å². The van der Waals surface area contributed by atoms with Crippen molar-refractivity contribution in [2.24, 2.45) is 23.2 Å². The lowest BCUT2D eigenvalue weighted by atomic mass is 9.81. The fourth-order valence-electron chi connectivity index (χ4n) is 4.67. The predicted octanol–water partition coefficient (Wildman–Crippen LogP) is 0.958. The van der Waals surface area contributed by atoms with Gasteiger partial charge in [-0.05, 0) is 31.6 Å². The average Bonchev–Trinajstić information content (AvgIpc) is 2.97. The molecule has 2 saturated carbocycles. The summed E-state index contributed by atoms with van der Waals surface area (Å²) in [4.78, 5) is 40.7. The van der Waals surface area contributed by atoms with Crippen molar-refractivity contribution < 1.29 is 19.5 Å². The van der Waals surface area contributed by atoms with Gasteiger partial charge in [0.15, 0.2) is 0 Å². The average molecular weight is 320 g/mol. The quantitative estimate of drug-likeness (QED) is 0.837. The number of hydrogen-bond acceptors (Lipinski definition) is 3. The summed E-state index contributed by atoms with van der Waals surface area (Å²) in [6.45, 7) is 1.47. The van der Waals surface area contributed by atoms with E-state index >= 15 is 0 Å². The zero-order valence-electron chi connectivity index (χ0n) is 13.4. The standard InChI is InChI=1S/C17H24N2O4/c20-14(12-3-1-2-4-12)19-8-13-15(21)18(7-11-5-6-11)9-17(13,10-19)16(22)23/h11-13H,1-10H2,(H,22,23)/t13-,17+/m1/s1. The summed E-state index contributed by atoms with van der Waals surface area (Å²) in [5.41, 5.74) is -1.08. The van der Waals surface area contributed by atoms with Gasteiger partial charge in [0.25, 0.3) is 0 Å². The molecule has 4 fully saturated rings. The first kappa shape index (κ1) is 15.0. The maximum atomic E-state index is 12.7. The molecule has 1 N–H and O–H groups in total. The number of carbonyl (C=O) groups is 3. The molecule has 6 nitrogen and oxygen atoms in total. The number of carbonyl (C=O) groups excluding carboxylic acids is 2. The van der Waals surface area contributed by atoms with E-state index in [4.69, 9.17) is 0 Å². The second-order valence-electron chi connectivity index (χ2n) is 7.88. The molecule has 2 atom stereocenters. The molecule has 2 aliphatic heterocycles. The highest BCUT2D eigenvalue weighted by Gasteiger charge is 2.63. The van der Waals surface area contributed by atoms with Crippen molar-refractivity contribution in [2.75, 3.05) is 26.2 Å². The Balaban J connectivity index is 1.52. The number of nitrogens with zero attached hydrogens (tertiary/aromatic N) is 2. The molecule has 4 aliphatic rings. The first-order chi connectivity index (χ1) is 11.0. The van der Waals surface area contributed by atoms with E-state index in [2.05, 4.69) is 0 Å². The van der Waals surface area contributed by atoms with Gasteiger partial charge < -0.3 is 14.9 Å². The smallest absolute Gasteiger partial charge is 0.314 e. The van der Waals surface area contributed by atoms with Gasteiger partial charge in [-0.1, -0.05) is 12.8 Å². The van der Waals surface area contributed by atoms with E-state index in [-0.39, 0.29) is 30.8 Å². The number of amides is 2. The van der Waals surface area contributed by atoms with Crippen molar-refractivity contribution in [1.82, 2.24) is 9.80 Å². The number of aliphatic carboxylic acids is 1. The summed E-state index contributed by atoms with van der Waals surface area (Å²) in [5, 5.41) is 9.81. The lowest BCUT2D eigenvalue weighted by molar-refractivity contribution is -0.150. The normalized spacial score (nSPS) is 34.3. The van der Waals surface area contributed by atoms with Crippen LogP contribution in [-0.2, 0) is 14.4 Å². The number of fused-ring (bicyclic) bond motifs is 1. The minimum absolute atomic E-state index is 0.0392. The minimum atomic E-state index is -1.08. The highest BCUT2D eigenvalue weighted by Crippen LogP contribution is 2.46. The third-order valence-corrected chi connectivity index (χ3v) is 6.24. The second kappa shape index (κ2) is 5.21. The molecule has 2 aliphatic carbocycles. The topological polar surface area (TPSA) is 77.9 Å². The van der Waals surface area contributed by atoms with Crippen LogP contribution in [-0.4, -0.2) is 58.9 Å². The van der Waals surface area contributed by atoms with E-state index in [0.29, 0.717) is 19.0 Å². The molecule has 0 unspecified atom stereocenters. The maximum absolute atomic E-state index is 12.7. The third kappa shape index (κ3) is 2.34. The maximum Gasteiger partial charge on any atom is 0.314 e. The van der Waals surface area contributed by atoms with Crippen LogP contribution in [0.25, 0.3) is 0 Å². The zero-order chi connectivity index (χ0) is 16.2. The fourth-order valence-corrected chi connectivity index (χ4v) is 4.67. The van der Waals surface area contributed by atoms with Gasteiger partial charge in [0.2, 0.25) is 11.8 Å². The Hall–Kier alpha value is -1.59. The molecule has 0 aromatic heterocycles. The number of hydrogen-bond donors (Lipinski definition) is 1. The van der Waals surface area contributed by atoms with E-state index in [1.807, 2.05) is 0 Å². The molecule has 0 aromatic carbocycles. The summed E-state index contributed by atoms with van der Waals surface area (Å²) in [5.74, 6) is -0.864. The summed E-state index contributed by atoms with van der Waals surface area (Å²) in [6, 6.07) is 0. The van der Waals surface area contributed by atoms with Gasteiger partial charge in [0, 0.05) is 32.1 Å². The molecule has 126 valence electrons. The molecule has 23 heavy (non-hydrogen) atoms. The minimum Gasteiger partial charge on any atom is -0.481 e. The van der Waals surface area contributed by atoms with Gasteiger partial charge in [-0.2, -0.15) is 0 Å². The van der Waals surface area contributed by atoms with Crippen LogP contribution < -0.4 is 0 Å². The summed E-state index contributed by atoms with van der Waals surface area (Å²) in [7, 11) is 0. The van der Waals surface area contributed by atoms with Crippen molar-refractivity contribution in [2.45, 2.75) is 38.5 Å². The van der Waals surface area contributed by atoms with Crippen LogP contribution >= 0.6 is 0 Å². The molecule has 2 heterocycles. The van der Waals surface area contributed by atoms with Crippen LogP contribution in [0.3, 0.4) is 0 Å². The third-order valence-electron chi connectivity index (χ3n) is 6.24. The molecule has 0 radical (unpaired) electrons. The molecular formula is C17H24N2O4. The molecule has 0 bridgehead atoms. The summed E-state index contributed by atoms with van der Waals surface area (Å²) >= 11 is 0. The van der Waals surface area contributed by atoms with Crippen LogP contribution in [0, 0.1) is 23.2 Å². The number of carboxylic acid groups (broad SMARTS) is 1. The molecule has 6 heteroatoms. The van der Waals surface area contributed by atoms with Gasteiger partial charge in [-0.25, -0.2) is 0 Å². The van der Waals surface area contributed by atoms with Gasteiger partial charge in [-0.3, -0.25) is 14.4 Å². The van der Waals surface area contributed by atoms with Crippen molar-refractivity contribution in [3.63, 3.8) is 0 Å². The number of carboxylic acids is 1. The molecule has 0 spiro atoms. The van der Waals surface area contributed by atoms with E-state index < -0.39 is 17.3 Å². The van der Waals surface area contributed by atoms with Crippen LogP contribution in [0.5, 0.6) is 0 Å². The van der Waals surface area contributed by atoms with Gasteiger partial charge in [-0.15, -0.1) is 0 Å². The van der Waals surface area contributed by atoms with Crippen molar-refractivity contribution >= 4 is 17.8 Å². The van der Waals surface area contributed by atoms with E-state index in [9.17, 15) is 19.5 Å². The monoisotopic (exact) mass is 320 g/mol. The molecule has 2 amide bonds. The predicted molar refractivity (Wildman–Crippen MR) is 81.4 cm³/mol. The fraction of sp³-hybridized carbons (Fsp3) is 0.824. The van der Waals surface area contributed by atoms with Gasteiger partial charge in [0.05, 0.1) is 5.92 Å². The molecule has 4 rings (SSSR count). The second-order valence-corrected chi connectivity index (χ2v) is 7.88. The van der Waals surface area contributed by atoms with E-state index in [0.717, 1.165) is 38.5 Å². The first-order valence-electron chi connectivity index (χ1n) is 8.82. The molecule has 0 aromatic rings. The SMILES string of the molecule is O=C(C1CCCC1)N1C[C@@H]2C(=O)N(CC3CC3)C[C@]2(C(=O)O)C1. The number of likely N-dealkylation sites (tertiary alicyclic amines) is 2. The Bertz CT molecular complexity index is 553. The van der Waals surface area contributed by atoms with Crippen molar-refractivity contribution in [3.05, 3.63) is 0 Å². The summed E-state index contributed by atoms with van der Waals surface area (Å²) in [6.07, 6.45) is 6.24. The molecular weight excluding hydrogens is 296 g/mol. The van der Waals surface area contributed by atoms with Crippen LogP contribution in [0.15, 0.2) is 0 Å². The zero-order valence-corrected chi connectivity index (χ0v) is 13.4. The van der Waals surface area contributed by atoms with E-state index in [1.165, 1.54) is 0 Å². The Morgan fingerprint density at radius 3 is 2.39 bits per heavy atom. The largest absolute Gasteiger partial charge is 0.481 e. The van der Waals surface area contributed by atoms with Crippen LogP contribution in [0.1, 0.15) is 38.5 Å². The highest BCUT2D eigenvalue weighted by molar-refractivity contribution is 5.94. The van der Waals surface area contributed by atoms with Crippen LogP contribution in [0.4, 0.5) is 0 Å². The Morgan fingerprint density at radius 1 is 1.13 bits per heavy atom. The molecule has 2 saturated heterocycles. The van der Waals surface area contributed by atoms with Crippen LogP contribution in [0.2, 0.25) is 0 Å². The Morgan fingerprint density at radius 2 is 1.83 bits per heavy atom.